The van der Waals surface area contributed by atoms with Gasteiger partial charge in [-0.05, 0) is 37.8 Å². The molecule has 1 aliphatic rings. The molecular weight excluding hydrogens is 308 g/mol. The van der Waals surface area contributed by atoms with Gasteiger partial charge in [0.15, 0.2) is 11.5 Å². The number of amides is 2. The Morgan fingerprint density at radius 3 is 2.62 bits per heavy atom. The van der Waals surface area contributed by atoms with Crippen molar-refractivity contribution in [3.63, 3.8) is 0 Å². The topological polar surface area (TPSA) is 81.9 Å². The molecular formula is C18H26N2O4. The highest BCUT2D eigenvalue weighted by atomic mass is 16.5. The van der Waals surface area contributed by atoms with Crippen LogP contribution in [0.3, 0.4) is 0 Å². The number of benzene rings is 1. The van der Waals surface area contributed by atoms with Gasteiger partial charge in [0.1, 0.15) is 0 Å². The Kier molecular flexibility index (Phi) is 6.06. The summed E-state index contributed by atoms with van der Waals surface area (Å²) in [6, 6.07) is 5.78. The minimum absolute atomic E-state index is 0.0401. The van der Waals surface area contributed by atoms with E-state index in [1.165, 1.54) is 0 Å². The molecule has 1 aromatic rings. The van der Waals surface area contributed by atoms with Crippen molar-refractivity contribution < 1.29 is 19.1 Å². The number of carbonyl (C=O) groups is 2. The van der Waals surface area contributed by atoms with Crippen LogP contribution in [0, 0.1) is 5.92 Å². The zero-order valence-electron chi connectivity index (χ0n) is 14.6. The summed E-state index contributed by atoms with van der Waals surface area (Å²) in [5.41, 5.74) is 6.33. The van der Waals surface area contributed by atoms with Gasteiger partial charge in [-0.3, -0.25) is 9.59 Å². The lowest BCUT2D eigenvalue weighted by atomic mass is 9.92. The van der Waals surface area contributed by atoms with Crippen LogP contribution in [0.1, 0.15) is 31.7 Å². The van der Waals surface area contributed by atoms with Crippen molar-refractivity contribution >= 4 is 11.8 Å². The van der Waals surface area contributed by atoms with Gasteiger partial charge >= 0.3 is 0 Å². The molecule has 0 aliphatic carbocycles. The fourth-order valence-electron chi connectivity index (χ4n) is 3.22. The third kappa shape index (κ3) is 3.99. The van der Waals surface area contributed by atoms with Gasteiger partial charge in [-0.2, -0.15) is 0 Å². The van der Waals surface area contributed by atoms with Crippen molar-refractivity contribution in [2.24, 2.45) is 11.7 Å². The maximum Gasteiger partial charge on any atom is 0.223 e. The summed E-state index contributed by atoms with van der Waals surface area (Å²) in [6.07, 6.45) is 2.48. The Morgan fingerprint density at radius 1 is 1.25 bits per heavy atom. The monoisotopic (exact) mass is 334 g/mol. The molecule has 1 saturated heterocycles. The molecule has 2 N–H and O–H groups in total. The minimum atomic E-state index is -0.325. The van der Waals surface area contributed by atoms with Crippen LogP contribution in [0.4, 0.5) is 0 Å². The Morgan fingerprint density at radius 2 is 2.00 bits per heavy atom. The molecule has 0 aromatic heterocycles. The van der Waals surface area contributed by atoms with E-state index in [1.807, 2.05) is 25.1 Å². The maximum absolute atomic E-state index is 12.6. The lowest BCUT2D eigenvalue weighted by Crippen LogP contribution is -2.48. The van der Waals surface area contributed by atoms with Gasteiger partial charge in [-0.25, -0.2) is 0 Å². The number of primary amides is 1. The molecule has 0 bridgehead atoms. The second-order valence-corrected chi connectivity index (χ2v) is 6.22. The normalized spacial score (nSPS) is 20.5. The fraction of sp³-hybridized carbons (Fsp3) is 0.556. The standard InChI is InChI=1S/C18H26N2O4/c1-12-7-8-14(18(19)22)11-20(12)16(21)10-9-13-5-4-6-15(23-2)17(13)24-3/h4-6,12,14H,7-11H2,1-3H3,(H2,19,22)/t12-,14+/m0/s1. The summed E-state index contributed by atoms with van der Waals surface area (Å²) < 4.78 is 10.7. The summed E-state index contributed by atoms with van der Waals surface area (Å²) in [6.45, 7) is 2.44. The average Bonchev–Trinajstić information content (AvgIpc) is 2.59. The van der Waals surface area contributed by atoms with Crippen molar-refractivity contribution in [1.29, 1.82) is 0 Å². The van der Waals surface area contributed by atoms with Crippen LogP contribution in [0.15, 0.2) is 18.2 Å². The number of hydrogen-bond donors (Lipinski definition) is 1. The largest absolute Gasteiger partial charge is 0.493 e. The van der Waals surface area contributed by atoms with Crippen LogP contribution in [0.25, 0.3) is 0 Å². The Bertz CT molecular complexity index is 603. The molecule has 1 heterocycles. The Hall–Kier alpha value is -2.24. The van der Waals surface area contributed by atoms with E-state index >= 15 is 0 Å². The predicted molar refractivity (Wildman–Crippen MR) is 91.0 cm³/mol. The van der Waals surface area contributed by atoms with E-state index in [9.17, 15) is 9.59 Å². The van der Waals surface area contributed by atoms with Crippen LogP contribution in [-0.4, -0.2) is 43.5 Å². The Labute approximate surface area is 142 Å². The van der Waals surface area contributed by atoms with Crippen LogP contribution < -0.4 is 15.2 Å². The quantitative estimate of drug-likeness (QED) is 0.859. The van der Waals surface area contributed by atoms with Crippen molar-refractivity contribution in [3.05, 3.63) is 23.8 Å². The minimum Gasteiger partial charge on any atom is -0.493 e. The number of carbonyl (C=O) groups excluding carboxylic acids is 2. The van der Waals surface area contributed by atoms with E-state index in [1.54, 1.807) is 19.1 Å². The highest BCUT2D eigenvalue weighted by Gasteiger charge is 2.31. The lowest BCUT2D eigenvalue weighted by Gasteiger charge is -2.37. The molecule has 2 amide bonds. The summed E-state index contributed by atoms with van der Waals surface area (Å²) in [7, 11) is 3.18. The smallest absolute Gasteiger partial charge is 0.223 e. The number of likely N-dealkylation sites (tertiary alicyclic amines) is 1. The second-order valence-electron chi connectivity index (χ2n) is 6.22. The molecule has 132 valence electrons. The van der Waals surface area contributed by atoms with Gasteiger partial charge in [0.25, 0.3) is 0 Å². The van der Waals surface area contributed by atoms with Crippen molar-refractivity contribution in [3.8, 4) is 11.5 Å². The number of para-hydroxylation sites is 1. The van der Waals surface area contributed by atoms with Crippen LogP contribution in [0.2, 0.25) is 0 Å². The molecule has 6 heteroatoms. The summed E-state index contributed by atoms with van der Waals surface area (Å²) in [4.78, 5) is 25.8. The van der Waals surface area contributed by atoms with Crippen molar-refractivity contribution in [2.75, 3.05) is 20.8 Å². The van der Waals surface area contributed by atoms with Crippen molar-refractivity contribution in [1.82, 2.24) is 4.90 Å². The van der Waals surface area contributed by atoms with E-state index in [2.05, 4.69) is 0 Å². The number of nitrogens with zero attached hydrogens (tertiary/aromatic N) is 1. The number of hydrogen-bond acceptors (Lipinski definition) is 4. The Balaban J connectivity index is 2.03. The molecule has 0 unspecified atom stereocenters. The van der Waals surface area contributed by atoms with E-state index in [0.29, 0.717) is 30.9 Å². The zero-order chi connectivity index (χ0) is 17.7. The molecule has 0 radical (unpaired) electrons. The van der Waals surface area contributed by atoms with Gasteiger partial charge in [0.05, 0.1) is 20.1 Å². The van der Waals surface area contributed by atoms with Gasteiger partial charge in [-0.1, -0.05) is 12.1 Å². The average molecular weight is 334 g/mol. The SMILES string of the molecule is COc1cccc(CCC(=O)N2C[C@H](C(N)=O)CC[C@@H]2C)c1OC. The van der Waals surface area contributed by atoms with E-state index in [0.717, 1.165) is 18.4 Å². The predicted octanol–water partition coefficient (Wildman–Crippen LogP) is 1.75. The summed E-state index contributed by atoms with van der Waals surface area (Å²) in [5, 5.41) is 0. The third-order valence-corrected chi connectivity index (χ3v) is 4.70. The summed E-state index contributed by atoms with van der Waals surface area (Å²) >= 11 is 0. The van der Waals surface area contributed by atoms with Gasteiger partial charge in [-0.15, -0.1) is 0 Å². The number of piperidine rings is 1. The van der Waals surface area contributed by atoms with E-state index in [4.69, 9.17) is 15.2 Å². The van der Waals surface area contributed by atoms with Gasteiger partial charge < -0.3 is 20.1 Å². The first-order chi connectivity index (χ1) is 11.5. The van der Waals surface area contributed by atoms with E-state index < -0.39 is 0 Å². The fourth-order valence-corrected chi connectivity index (χ4v) is 3.22. The molecule has 1 aromatic carbocycles. The number of aryl methyl sites for hydroxylation is 1. The first-order valence-corrected chi connectivity index (χ1v) is 8.26. The molecule has 0 saturated carbocycles. The lowest BCUT2D eigenvalue weighted by molar-refractivity contribution is -0.137. The van der Waals surface area contributed by atoms with Gasteiger partial charge in [0, 0.05) is 19.0 Å². The number of nitrogens with two attached hydrogens (primary N) is 1. The first kappa shape index (κ1) is 18.1. The van der Waals surface area contributed by atoms with Crippen LogP contribution in [-0.2, 0) is 16.0 Å². The van der Waals surface area contributed by atoms with Crippen LogP contribution >= 0.6 is 0 Å². The molecule has 2 rings (SSSR count). The zero-order valence-corrected chi connectivity index (χ0v) is 14.6. The highest BCUT2D eigenvalue weighted by molar-refractivity contribution is 5.80. The molecule has 6 nitrogen and oxygen atoms in total. The van der Waals surface area contributed by atoms with Crippen molar-refractivity contribution in [2.45, 2.75) is 38.6 Å². The maximum atomic E-state index is 12.6. The van der Waals surface area contributed by atoms with E-state index in [-0.39, 0.29) is 23.8 Å². The molecule has 1 aliphatic heterocycles. The highest BCUT2D eigenvalue weighted by Crippen LogP contribution is 2.32. The number of rotatable bonds is 6. The van der Waals surface area contributed by atoms with Gasteiger partial charge in [0.2, 0.25) is 11.8 Å². The third-order valence-electron chi connectivity index (χ3n) is 4.70. The summed E-state index contributed by atoms with van der Waals surface area (Å²) in [5.74, 6) is 0.793. The van der Waals surface area contributed by atoms with Crippen LogP contribution in [0.5, 0.6) is 11.5 Å². The molecule has 1 fully saturated rings. The molecule has 2 atom stereocenters. The first-order valence-electron chi connectivity index (χ1n) is 8.26. The molecule has 0 spiro atoms. The second kappa shape index (κ2) is 8.04. The number of methoxy groups -OCH3 is 2. The number of ether oxygens (including phenoxy) is 2. The molecule has 24 heavy (non-hydrogen) atoms.